The number of benzene rings is 2. The van der Waals surface area contributed by atoms with Crippen LogP contribution in [0.3, 0.4) is 0 Å². The lowest BCUT2D eigenvalue weighted by Crippen LogP contribution is -2.39. The van der Waals surface area contributed by atoms with Gasteiger partial charge in [-0.1, -0.05) is 30.3 Å². The number of carbonyl (C=O) groups is 2. The molecule has 0 spiro atoms. The predicted molar refractivity (Wildman–Crippen MR) is 131 cm³/mol. The number of ketones is 1. The Kier molecular flexibility index (Phi) is 6.31. The van der Waals surface area contributed by atoms with E-state index in [9.17, 15) is 14.4 Å². The molecule has 1 aliphatic heterocycles. The van der Waals surface area contributed by atoms with Gasteiger partial charge in [-0.2, -0.15) is 0 Å². The van der Waals surface area contributed by atoms with Crippen LogP contribution in [0, 0.1) is 5.92 Å². The van der Waals surface area contributed by atoms with Crippen LogP contribution in [0.15, 0.2) is 86.3 Å². The van der Waals surface area contributed by atoms with Crippen molar-refractivity contribution in [2.45, 2.75) is 32.1 Å². The van der Waals surface area contributed by atoms with Crippen LogP contribution >= 0.6 is 0 Å². The lowest BCUT2D eigenvalue weighted by atomic mass is 9.72. The number of hydrogen-bond acceptors (Lipinski definition) is 7. The Labute approximate surface area is 202 Å². The van der Waals surface area contributed by atoms with E-state index in [4.69, 9.17) is 13.9 Å². The number of ether oxygens (including phenoxy) is 2. The fourth-order valence-corrected chi connectivity index (χ4v) is 4.86. The zero-order chi connectivity index (χ0) is 24.4. The van der Waals surface area contributed by atoms with E-state index in [1.54, 1.807) is 31.2 Å². The molecule has 2 aromatic carbocycles. The Bertz CT molecular complexity index is 1400. The Morgan fingerprint density at radius 1 is 1.03 bits per heavy atom. The second-order valence-corrected chi connectivity index (χ2v) is 8.69. The summed E-state index contributed by atoms with van der Waals surface area (Å²) in [6.45, 7) is 1.94. The highest BCUT2D eigenvalue weighted by Gasteiger charge is 2.44. The molecule has 2 atom stereocenters. The largest absolute Gasteiger partial charge is 0.490 e. The first-order valence-electron chi connectivity index (χ1n) is 11.7. The number of nitrogens with zero attached hydrogens (tertiary/aromatic N) is 1. The first-order chi connectivity index (χ1) is 17.0. The van der Waals surface area contributed by atoms with Crippen molar-refractivity contribution in [3.05, 3.63) is 87.9 Å². The molecule has 0 radical (unpaired) electrons. The molecule has 0 saturated carbocycles. The van der Waals surface area contributed by atoms with E-state index in [-0.39, 0.29) is 30.0 Å². The van der Waals surface area contributed by atoms with Crippen LogP contribution in [0.5, 0.6) is 5.75 Å². The second-order valence-electron chi connectivity index (χ2n) is 8.69. The SMILES string of the molecule is CC1=NC2=C(C(=O)CCC2)C(c2coc3ccccc3c2=O)C1C(=O)OCCOc1ccccc1. The van der Waals surface area contributed by atoms with Crippen LogP contribution in [-0.2, 0) is 14.3 Å². The molecule has 1 aromatic heterocycles. The lowest BCUT2D eigenvalue weighted by molar-refractivity contribution is -0.147. The van der Waals surface area contributed by atoms with Gasteiger partial charge in [-0.15, -0.1) is 0 Å². The van der Waals surface area contributed by atoms with E-state index in [0.29, 0.717) is 53.0 Å². The monoisotopic (exact) mass is 471 g/mol. The number of fused-ring (bicyclic) bond motifs is 1. The van der Waals surface area contributed by atoms with E-state index in [0.717, 1.165) is 0 Å². The number of rotatable bonds is 6. The molecule has 2 aliphatic rings. The van der Waals surface area contributed by atoms with Gasteiger partial charge >= 0.3 is 5.97 Å². The van der Waals surface area contributed by atoms with E-state index >= 15 is 0 Å². The third kappa shape index (κ3) is 4.41. The van der Waals surface area contributed by atoms with Crippen LogP contribution in [0.2, 0.25) is 0 Å². The van der Waals surface area contributed by atoms with Gasteiger partial charge in [-0.05, 0) is 44.0 Å². The Morgan fingerprint density at radius 3 is 2.63 bits per heavy atom. The molecule has 0 bridgehead atoms. The molecule has 2 unspecified atom stereocenters. The molecule has 35 heavy (non-hydrogen) atoms. The van der Waals surface area contributed by atoms with Crippen molar-refractivity contribution in [1.82, 2.24) is 0 Å². The third-order valence-electron chi connectivity index (χ3n) is 6.47. The van der Waals surface area contributed by atoms with E-state index < -0.39 is 17.8 Å². The van der Waals surface area contributed by atoms with E-state index in [1.807, 2.05) is 30.3 Å². The summed E-state index contributed by atoms with van der Waals surface area (Å²) < 4.78 is 16.9. The van der Waals surface area contributed by atoms with Gasteiger partial charge in [0.1, 0.15) is 30.5 Å². The minimum atomic E-state index is -0.906. The smallest absolute Gasteiger partial charge is 0.315 e. The summed E-state index contributed by atoms with van der Waals surface area (Å²) >= 11 is 0. The number of para-hydroxylation sites is 2. The quantitative estimate of drug-likeness (QED) is 0.385. The lowest BCUT2D eigenvalue weighted by Gasteiger charge is -2.33. The number of aliphatic imine (C=N–C) groups is 1. The maximum absolute atomic E-state index is 13.5. The number of allylic oxidation sites excluding steroid dienone is 2. The summed E-state index contributed by atoms with van der Waals surface area (Å²) in [5.41, 5.74) is 2.04. The number of esters is 1. The average molecular weight is 472 g/mol. The summed E-state index contributed by atoms with van der Waals surface area (Å²) in [6.07, 6.45) is 3.05. The molecule has 1 aliphatic carbocycles. The summed E-state index contributed by atoms with van der Waals surface area (Å²) in [5, 5.41) is 0.402. The van der Waals surface area contributed by atoms with Gasteiger partial charge in [0, 0.05) is 34.9 Å². The second kappa shape index (κ2) is 9.70. The van der Waals surface area contributed by atoms with Crippen molar-refractivity contribution in [3.8, 4) is 5.75 Å². The van der Waals surface area contributed by atoms with Crippen molar-refractivity contribution < 1.29 is 23.5 Å². The molecule has 2 heterocycles. The summed E-state index contributed by atoms with van der Waals surface area (Å²) in [6, 6.07) is 16.2. The van der Waals surface area contributed by atoms with Crippen molar-refractivity contribution in [2.75, 3.05) is 13.2 Å². The molecule has 0 amide bonds. The number of Topliss-reactive ketones (excluding diaryl/α,β-unsaturated/α-hetero) is 1. The van der Waals surface area contributed by atoms with E-state index in [2.05, 4.69) is 4.99 Å². The standard InChI is InChI=1S/C28H25NO6/c1-17-24(28(32)34-15-14-33-18-8-3-2-4-9-18)25(26-21(29-17)11-7-12-22(26)30)20-16-35-23-13-6-5-10-19(23)27(20)31/h2-6,8-10,13,16,24-25H,7,11-12,14-15H2,1H3. The van der Waals surface area contributed by atoms with Gasteiger partial charge < -0.3 is 13.9 Å². The highest BCUT2D eigenvalue weighted by atomic mass is 16.6. The van der Waals surface area contributed by atoms with Gasteiger partial charge in [0.15, 0.2) is 11.2 Å². The van der Waals surface area contributed by atoms with Crippen LogP contribution in [0.4, 0.5) is 0 Å². The Balaban J connectivity index is 1.47. The van der Waals surface area contributed by atoms with Crippen molar-refractivity contribution in [1.29, 1.82) is 0 Å². The molecule has 0 fully saturated rings. The highest BCUT2D eigenvalue weighted by Crippen LogP contribution is 2.43. The minimum Gasteiger partial charge on any atom is -0.490 e. The van der Waals surface area contributed by atoms with E-state index in [1.165, 1.54) is 6.26 Å². The maximum Gasteiger partial charge on any atom is 0.315 e. The zero-order valence-electron chi connectivity index (χ0n) is 19.4. The van der Waals surface area contributed by atoms with Crippen LogP contribution in [0.1, 0.15) is 37.7 Å². The Hall–Kier alpha value is -4.00. The fraction of sp³-hybridized carbons (Fsp3) is 0.286. The molecular formula is C28H25NO6. The van der Waals surface area contributed by atoms with Crippen LogP contribution < -0.4 is 10.2 Å². The normalized spacial score (nSPS) is 19.8. The molecule has 0 saturated heterocycles. The molecule has 7 nitrogen and oxygen atoms in total. The first kappa shape index (κ1) is 22.8. The molecule has 5 rings (SSSR count). The van der Waals surface area contributed by atoms with Gasteiger partial charge in [0.2, 0.25) is 0 Å². The zero-order valence-corrected chi connectivity index (χ0v) is 19.4. The Morgan fingerprint density at radius 2 is 1.80 bits per heavy atom. The molecular weight excluding hydrogens is 446 g/mol. The predicted octanol–water partition coefficient (Wildman–Crippen LogP) is 4.60. The topological polar surface area (TPSA) is 95.2 Å². The van der Waals surface area contributed by atoms with Gasteiger partial charge in [0.25, 0.3) is 0 Å². The summed E-state index contributed by atoms with van der Waals surface area (Å²) in [7, 11) is 0. The first-order valence-corrected chi connectivity index (χ1v) is 11.7. The summed E-state index contributed by atoms with van der Waals surface area (Å²) in [4.78, 5) is 44.5. The van der Waals surface area contributed by atoms with Crippen molar-refractivity contribution >= 4 is 28.4 Å². The minimum absolute atomic E-state index is 0.0242. The fourth-order valence-electron chi connectivity index (χ4n) is 4.86. The number of carbonyl (C=O) groups excluding carboxylic acids is 2. The number of hydrogen-bond donors (Lipinski definition) is 0. The molecule has 178 valence electrons. The third-order valence-corrected chi connectivity index (χ3v) is 6.47. The van der Waals surface area contributed by atoms with Crippen LogP contribution in [-0.4, -0.2) is 30.7 Å². The molecule has 3 aromatic rings. The average Bonchev–Trinajstić information content (AvgIpc) is 2.87. The van der Waals surface area contributed by atoms with Gasteiger partial charge in [0.05, 0.1) is 11.6 Å². The highest BCUT2D eigenvalue weighted by molar-refractivity contribution is 6.09. The van der Waals surface area contributed by atoms with Crippen molar-refractivity contribution in [2.24, 2.45) is 10.9 Å². The summed E-state index contributed by atoms with van der Waals surface area (Å²) in [5.74, 6) is -1.68. The van der Waals surface area contributed by atoms with Gasteiger partial charge in [-0.25, -0.2) is 0 Å². The molecule has 7 heteroatoms. The van der Waals surface area contributed by atoms with Crippen LogP contribution in [0.25, 0.3) is 11.0 Å². The molecule has 0 N–H and O–H groups in total. The van der Waals surface area contributed by atoms with Crippen molar-refractivity contribution in [3.63, 3.8) is 0 Å². The van der Waals surface area contributed by atoms with Gasteiger partial charge in [-0.3, -0.25) is 19.4 Å². The maximum atomic E-state index is 13.5.